The summed E-state index contributed by atoms with van der Waals surface area (Å²) in [5.41, 5.74) is 1.69. The molecule has 2 heterocycles. The van der Waals surface area contributed by atoms with Crippen molar-refractivity contribution in [2.45, 2.75) is 13.5 Å². The minimum Gasteiger partial charge on any atom is -0.455 e. The number of rotatable bonds is 7. The van der Waals surface area contributed by atoms with E-state index in [2.05, 4.69) is 10.5 Å². The Balaban J connectivity index is 1.27. The van der Waals surface area contributed by atoms with Crippen molar-refractivity contribution in [2.24, 2.45) is 0 Å². The van der Waals surface area contributed by atoms with Crippen molar-refractivity contribution in [3.8, 4) is 11.5 Å². The summed E-state index contributed by atoms with van der Waals surface area (Å²) in [4.78, 5) is 15.4. The van der Waals surface area contributed by atoms with Gasteiger partial charge in [0.05, 0.1) is 5.69 Å². The molecule has 1 aliphatic rings. The molecule has 1 fully saturated rings. The quantitative estimate of drug-likeness (QED) is 0.538. The number of nitrogens with zero attached hydrogens (tertiary/aromatic N) is 1. The standard InChI is InChI=1S/C23H26N4O3/c1-18-15-19(25-30-18)16-26-11-13-27(14-12-26)17-23(28)24-21-9-5-6-10-22(21)29-20-7-3-2-4-8-20/h2-10,15H,11-14,16-17H2,1H3,(H,24,28)/p+2. The predicted molar refractivity (Wildman–Crippen MR) is 113 cm³/mol. The lowest BCUT2D eigenvalue weighted by Gasteiger charge is -2.28. The maximum absolute atomic E-state index is 12.6. The molecule has 3 aromatic rings. The summed E-state index contributed by atoms with van der Waals surface area (Å²) >= 11 is 0. The maximum atomic E-state index is 12.6. The summed E-state index contributed by atoms with van der Waals surface area (Å²) in [6.07, 6.45) is 0. The average molecular weight is 409 g/mol. The molecule has 2 aromatic carbocycles. The number of para-hydroxylation sites is 3. The Morgan fingerprint density at radius 2 is 1.73 bits per heavy atom. The van der Waals surface area contributed by atoms with Crippen molar-refractivity contribution in [2.75, 3.05) is 38.0 Å². The third-order valence-electron chi connectivity index (χ3n) is 5.31. The van der Waals surface area contributed by atoms with Gasteiger partial charge in [0.1, 0.15) is 49.9 Å². The minimum absolute atomic E-state index is 0.00434. The van der Waals surface area contributed by atoms with Gasteiger partial charge in [0.25, 0.3) is 5.91 Å². The Morgan fingerprint density at radius 1 is 1.03 bits per heavy atom. The minimum atomic E-state index is 0.00434. The molecule has 1 amide bonds. The van der Waals surface area contributed by atoms with Crippen molar-refractivity contribution in [3.05, 3.63) is 72.1 Å². The molecular formula is C23H28N4O3+2. The number of piperazine rings is 1. The second-order valence-electron chi connectivity index (χ2n) is 7.74. The highest BCUT2D eigenvalue weighted by atomic mass is 16.5. The van der Waals surface area contributed by atoms with Crippen molar-refractivity contribution < 1.29 is 23.9 Å². The number of hydrogen-bond donors (Lipinski definition) is 3. The molecular weight excluding hydrogens is 380 g/mol. The number of anilines is 1. The van der Waals surface area contributed by atoms with E-state index in [9.17, 15) is 4.79 Å². The summed E-state index contributed by atoms with van der Waals surface area (Å²) in [7, 11) is 0. The number of quaternary nitrogens is 2. The number of ether oxygens (including phenoxy) is 1. The molecule has 1 aliphatic heterocycles. The fraction of sp³-hybridized carbons (Fsp3) is 0.304. The van der Waals surface area contributed by atoms with Gasteiger partial charge in [-0.15, -0.1) is 0 Å². The highest BCUT2D eigenvalue weighted by Crippen LogP contribution is 2.28. The van der Waals surface area contributed by atoms with Crippen LogP contribution in [-0.2, 0) is 11.3 Å². The predicted octanol–water partition coefficient (Wildman–Crippen LogP) is 0.697. The Bertz CT molecular complexity index is 965. The number of benzene rings is 2. The van der Waals surface area contributed by atoms with Crippen molar-refractivity contribution in [1.29, 1.82) is 0 Å². The molecule has 0 atom stereocenters. The first-order valence-electron chi connectivity index (χ1n) is 10.4. The molecule has 1 aromatic heterocycles. The van der Waals surface area contributed by atoms with Gasteiger partial charge < -0.3 is 24.4 Å². The largest absolute Gasteiger partial charge is 0.455 e. The SMILES string of the molecule is Cc1cc(C[NH+]2CC[NH+](CC(=O)Nc3ccccc3Oc3ccccc3)CC2)no1. The van der Waals surface area contributed by atoms with Crippen LogP contribution >= 0.6 is 0 Å². The van der Waals surface area contributed by atoms with Gasteiger partial charge in [-0.25, -0.2) is 0 Å². The van der Waals surface area contributed by atoms with Crippen LogP contribution in [0.4, 0.5) is 5.69 Å². The molecule has 0 aliphatic carbocycles. The van der Waals surface area contributed by atoms with Gasteiger partial charge in [0.2, 0.25) is 0 Å². The molecule has 0 saturated carbocycles. The van der Waals surface area contributed by atoms with E-state index in [0.29, 0.717) is 18.0 Å². The van der Waals surface area contributed by atoms with E-state index >= 15 is 0 Å². The van der Waals surface area contributed by atoms with E-state index in [0.717, 1.165) is 49.9 Å². The van der Waals surface area contributed by atoms with Crippen molar-refractivity contribution in [1.82, 2.24) is 5.16 Å². The summed E-state index contributed by atoms with van der Waals surface area (Å²) in [5.74, 6) is 2.24. The summed E-state index contributed by atoms with van der Waals surface area (Å²) in [6, 6.07) is 19.1. The molecule has 156 valence electrons. The fourth-order valence-electron chi connectivity index (χ4n) is 3.76. The van der Waals surface area contributed by atoms with Gasteiger partial charge in [0, 0.05) is 6.07 Å². The van der Waals surface area contributed by atoms with Crippen LogP contribution < -0.4 is 19.9 Å². The monoisotopic (exact) mass is 408 g/mol. The number of aromatic nitrogens is 1. The number of nitrogens with one attached hydrogen (secondary N) is 3. The lowest BCUT2D eigenvalue weighted by molar-refractivity contribution is -1.02. The third-order valence-corrected chi connectivity index (χ3v) is 5.31. The summed E-state index contributed by atoms with van der Waals surface area (Å²) < 4.78 is 11.1. The zero-order chi connectivity index (χ0) is 20.8. The van der Waals surface area contributed by atoms with Gasteiger partial charge in [0.15, 0.2) is 12.3 Å². The van der Waals surface area contributed by atoms with Gasteiger partial charge in [-0.3, -0.25) is 4.79 Å². The van der Waals surface area contributed by atoms with E-state index in [4.69, 9.17) is 9.26 Å². The first kappa shape index (κ1) is 20.1. The first-order chi connectivity index (χ1) is 14.7. The van der Waals surface area contributed by atoms with Gasteiger partial charge >= 0.3 is 0 Å². The normalized spacial score (nSPS) is 18.7. The lowest BCUT2D eigenvalue weighted by atomic mass is 10.2. The first-order valence-corrected chi connectivity index (χ1v) is 10.4. The van der Waals surface area contributed by atoms with E-state index < -0.39 is 0 Å². The molecule has 7 nitrogen and oxygen atoms in total. The van der Waals surface area contributed by atoms with E-state index in [1.165, 1.54) is 9.80 Å². The van der Waals surface area contributed by atoms with Crippen molar-refractivity contribution in [3.63, 3.8) is 0 Å². The van der Waals surface area contributed by atoms with Crippen LogP contribution in [0.15, 0.2) is 65.2 Å². The van der Waals surface area contributed by atoms with E-state index in [1.54, 1.807) is 0 Å². The van der Waals surface area contributed by atoms with Crippen LogP contribution in [0.5, 0.6) is 11.5 Å². The van der Waals surface area contributed by atoms with Crippen LogP contribution in [0.25, 0.3) is 0 Å². The number of hydrogen-bond acceptors (Lipinski definition) is 4. The van der Waals surface area contributed by atoms with Crippen LogP contribution in [0.3, 0.4) is 0 Å². The Labute approximate surface area is 176 Å². The zero-order valence-electron chi connectivity index (χ0n) is 17.2. The zero-order valence-corrected chi connectivity index (χ0v) is 17.2. The van der Waals surface area contributed by atoms with E-state index in [1.807, 2.05) is 67.6 Å². The van der Waals surface area contributed by atoms with Crippen molar-refractivity contribution >= 4 is 11.6 Å². The molecule has 0 spiro atoms. The molecule has 4 rings (SSSR count). The second-order valence-corrected chi connectivity index (χ2v) is 7.74. The topological polar surface area (TPSA) is 73.2 Å². The highest BCUT2D eigenvalue weighted by Gasteiger charge is 2.26. The van der Waals surface area contributed by atoms with Gasteiger partial charge in [-0.1, -0.05) is 35.5 Å². The van der Waals surface area contributed by atoms with Crippen LogP contribution in [0, 0.1) is 6.92 Å². The molecule has 7 heteroatoms. The van der Waals surface area contributed by atoms with Crippen LogP contribution in [0.1, 0.15) is 11.5 Å². The summed E-state index contributed by atoms with van der Waals surface area (Å²) in [5, 5.41) is 7.10. The number of amides is 1. The molecule has 1 saturated heterocycles. The molecule has 0 bridgehead atoms. The molecule has 0 unspecified atom stereocenters. The average Bonchev–Trinajstić information content (AvgIpc) is 3.16. The maximum Gasteiger partial charge on any atom is 0.279 e. The van der Waals surface area contributed by atoms with Crippen LogP contribution in [0.2, 0.25) is 0 Å². The Morgan fingerprint density at radius 3 is 2.47 bits per heavy atom. The number of carbonyl (C=O) groups excluding carboxylic acids is 1. The second kappa shape index (κ2) is 9.56. The third kappa shape index (κ3) is 5.46. The molecule has 3 N–H and O–H groups in total. The van der Waals surface area contributed by atoms with Gasteiger partial charge in [-0.2, -0.15) is 0 Å². The smallest absolute Gasteiger partial charge is 0.279 e. The Kier molecular flexibility index (Phi) is 6.41. The Hall–Kier alpha value is -3.16. The molecule has 30 heavy (non-hydrogen) atoms. The van der Waals surface area contributed by atoms with Gasteiger partial charge in [-0.05, 0) is 31.2 Å². The number of aryl methyl sites for hydroxylation is 1. The van der Waals surface area contributed by atoms with Crippen LogP contribution in [-0.4, -0.2) is 43.8 Å². The highest BCUT2D eigenvalue weighted by molar-refractivity contribution is 5.93. The fourth-order valence-corrected chi connectivity index (χ4v) is 3.76. The van der Waals surface area contributed by atoms with E-state index in [-0.39, 0.29) is 5.91 Å². The molecule has 0 radical (unpaired) electrons. The lowest BCUT2D eigenvalue weighted by Crippen LogP contribution is -3.28. The summed E-state index contributed by atoms with van der Waals surface area (Å²) in [6.45, 7) is 7.20. The number of carbonyl (C=O) groups is 1.